The molecule has 0 aromatic heterocycles. The van der Waals surface area contributed by atoms with Crippen molar-refractivity contribution >= 4 is 0 Å². The summed E-state index contributed by atoms with van der Waals surface area (Å²) in [4.78, 5) is 0. The molecule has 2 rings (SSSR count). The second-order valence-electron chi connectivity index (χ2n) is 4.98. The minimum atomic E-state index is 0.246. The molecule has 2 N–H and O–H groups in total. The summed E-state index contributed by atoms with van der Waals surface area (Å²) < 4.78 is 5.44. The molecule has 16 heavy (non-hydrogen) atoms. The average Bonchev–Trinajstić information content (AvgIpc) is 2.21. The summed E-state index contributed by atoms with van der Waals surface area (Å²) in [5.74, 6) is 0. The smallest absolute Gasteiger partial charge is 0.0585 e. The van der Waals surface area contributed by atoms with Crippen LogP contribution in [0.4, 0.5) is 0 Å². The van der Waals surface area contributed by atoms with Crippen LogP contribution < -0.4 is 5.73 Å². The van der Waals surface area contributed by atoms with Crippen LogP contribution in [0.2, 0.25) is 0 Å². The minimum Gasteiger partial charge on any atom is -0.379 e. The van der Waals surface area contributed by atoms with Crippen molar-refractivity contribution in [3.63, 3.8) is 0 Å². The van der Waals surface area contributed by atoms with Gasteiger partial charge in [-0.25, -0.2) is 0 Å². The van der Waals surface area contributed by atoms with E-state index in [0.29, 0.717) is 0 Å². The van der Waals surface area contributed by atoms with Gasteiger partial charge in [0.25, 0.3) is 0 Å². The van der Waals surface area contributed by atoms with Gasteiger partial charge in [-0.05, 0) is 44.4 Å². The lowest BCUT2D eigenvalue weighted by Crippen LogP contribution is -2.47. The monoisotopic (exact) mass is 219 g/mol. The van der Waals surface area contributed by atoms with Crippen LogP contribution in [0.1, 0.15) is 29.5 Å². The molecule has 0 saturated carbocycles. The van der Waals surface area contributed by atoms with Crippen LogP contribution >= 0.6 is 0 Å². The Labute approximate surface area is 97.8 Å². The molecule has 2 heteroatoms. The van der Waals surface area contributed by atoms with E-state index in [1.165, 1.54) is 16.7 Å². The Morgan fingerprint density at radius 2 is 2.06 bits per heavy atom. The van der Waals surface area contributed by atoms with Gasteiger partial charge in [0.2, 0.25) is 0 Å². The number of hydrogen-bond donors (Lipinski definition) is 1. The van der Waals surface area contributed by atoms with Gasteiger partial charge >= 0.3 is 0 Å². The lowest BCUT2D eigenvalue weighted by Gasteiger charge is -2.43. The van der Waals surface area contributed by atoms with Gasteiger partial charge in [-0.1, -0.05) is 23.8 Å². The van der Waals surface area contributed by atoms with Crippen molar-refractivity contribution in [2.24, 2.45) is 5.73 Å². The molecule has 1 aromatic carbocycles. The molecular weight excluding hydrogens is 198 g/mol. The third-order valence-electron chi connectivity index (χ3n) is 3.58. The molecule has 0 aliphatic carbocycles. The molecule has 0 amide bonds. The first-order valence-corrected chi connectivity index (χ1v) is 6.03. The van der Waals surface area contributed by atoms with E-state index in [0.717, 1.165) is 32.6 Å². The highest BCUT2D eigenvalue weighted by atomic mass is 16.5. The molecule has 0 atom stereocenters. The SMILES string of the molecule is Cc1ccc(C)c(C2(CCCN)COC2)c1. The summed E-state index contributed by atoms with van der Waals surface area (Å²) in [6.45, 7) is 6.83. The molecule has 0 radical (unpaired) electrons. The summed E-state index contributed by atoms with van der Waals surface area (Å²) in [5, 5.41) is 0. The van der Waals surface area contributed by atoms with Gasteiger partial charge in [-0.15, -0.1) is 0 Å². The Morgan fingerprint density at radius 1 is 1.31 bits per heavy atom. The van der Waals surface area contributed by atoms with E-state index in [1.54, 1.807) is 0 Å². The van der Waals surface area contributed by atoms with Gasteiger partial charge in [0.05, 0.1) is 13.2 Å². The van der Waals surface area contributed by atoms with E-state index < -0.39 is 0 Å². The molecular formula is C14H21NO. The molecule has 0 bridgehead atoms. The Balaban J connectivity index is 2.28. The topological polar surface area (TPSA) is 35.2 Å². The van der Waals surface area contributed by atoms with Gasteiger partial charge in [0, 0.05) is 5.41 Å². The number of ether oxygens (including phenoxy) is 1. The zero-order valence-electron chi connectivity index (χ0n) is 10.3. The highest BCUT2D eigenvalue weighted by molar-refractivity contribution is 5.38. The second-order valence-corrected chi connectivity index (χ2v) is 4.98. The first-order chi connectivity index (χ1) is 7.68. The number of benzene rings is 1. The largest absolute Gasteiger partial charge is 0.379 e. The van der Waals surface area contributed by atoms with E-state index in [1.807, 2.05) is 0 Å². The van der Waals surface area contributed by atoms with Crippen LogP contribution in [0.15, 0.2) is 18.2 Å². The molecule has 88 valence electrons. The third kappa shape index (κ3) is 2.00. The Hall–Kier alpha value is -0.860. The van der Waals surface area contributed by atoms with E-state index in [4.69, 9.17) is 10.5 Å². The quantitative estimate of drug-likeness (QED) is 0.843. The van der Waals surface area contributed by atoms with Crippen molar-refractivity contribution in [3.05, 3.63) is 34.9 Å². The summed E-state index contributed by atoms with van der Waals surface area (Å²) in [6.07, 6.45) is 2.23. The molecule has 0 spiro atoms. The van der Waals surface area contributed by atoms with E-state index in [9.17, 15) is 0 Å². The maximum atomic E-state index is 5.62. The van der Waals surface area contributed by atoms with Crippen molar-refractivity contribution in [3.8, 4) is 0 Å². The van der Waals surface area contributed by atoms with Crippen LogP contribution in [-0.2, 0) is 10.2 Å². The first kappa shape index (κ1) is 11.6. The summed E-state index contributed by atoms with van der Waals surface area (Å²) in [7, 11) is 0. The Morgan fingerprint density at radius 3 is 2.62 bits per heavy atom. The van der Waals surface area contributed by atoms with Crippen LogP contribution in [0.25, 0.3) is 0 Å². The lowest BCUT2D eigenvalue weighted by molar-refractivity contribution is -0.0652. The van der Waals surface area contributed by atoms with Crippen LogP contribution in [0, 0.1) is 13.8 Å². The molecule has 1 aliphatic rings. The van der Waals surface area contributed by atoms with Crippen molar-refractivity contribution in [2.75, 3.05) is 19.8 Å². The van der Waals surface area contributed by atoms with Crippen molar-refractivity contribution in [2.45, 2.75) is 32.1 Å². The van der Waals surface area contributed by atoms with Gasteiger partial charge in [-0.3, -0.25) is 0 Å². The average molecular weight is 219 g/mol. The van der Waals surface area contributed by atoms with E-state index in [-0.39, 0.29) is 5.41 Å². The Kier molecular flexibility index (Phi) is 3.31. The fourth-order valence-electron chi connectivity index (χ4n) is 2.53. The normalized spacial score (nSPS) is 18.2. The molecule has 1 heterocycles. The molecule has 0 unspecified atom stereocenters. The van der Waals surface area contributed by atoms with Gasteiger partial charge in [0.1, 0.15) is 0 Å². The number of aryl methyl sites for hydroxylation is 2. The predicted molar refractivity (Wildman–Crippen MR) is 66.7 cm³/mol. The maximum Gasteiger partial charge on any atom is 0.0585 e. The summed E-state index contributed by atoms with van der Waals surface area (Å²) >= 11 is 0. The third-order valence-corrected chi connectivity index (χ3v) is 3.58. The Bertz CT molecular complexity index is 369. The first-order valence-electron chi connectivity index (χ1n) is 6.03. The number of rotatable bonds is 4. The lowest BCUT2D eigenvalue weighted by atomic mass is 9.73. The standard InChI is InChI=1S/C14H21NO/c1-11-4-5-12(2)13(8-11)14(6-3-7-15)9-16-10-14/h4-5,8H,3,6-7,9-10,15H2,1-2H3. The fraction of sp³-hybridized carbons (Fsp3) is 0.571. The molecule has 1 aromatic rings. The van der Waals surface area contributed by atoms with Gasteiger partial charge in [-0.2, -0.15) is 0 Å². The predicted octanol–water partition coefficient (Wildman–Crippen LogP) is 2.31. The number of hydrogen-bond acceptors (Lipinski definition) is 2. The summed E-state index contributed by atoms with van der Waals surface area (Å²) in [6, 6.07) is 6.70. The maximum absolute atomic E-state index is 5.62. The van der Waals surface area contributed by atoms with Crippen LogP contribution in [-0.4, -0.2) is 19.8 Å². The van der Waals surface area contributed by atoms with Crippen molar-refractivity contribution in [1.82, 2.24) is 0 Å². The van der Waals surface area contributed by atoms with E-state index in [2.05, 4.69) is 32.0 Å². The number of nitrogens with two attached hydrogens (primary N) is 1. The molecule has 1 fully saturated rings. The van der Waals surface area contributed by atoms with Crippen LogP contribution in [0.3, 0.4) is 0 Å². The highest BCUT2D eigenvalue weighted by Crippen LogP contribution is 2.38. The minimum absolute atomic E-state index is 0.246. The van der Waals surface area contributed by atoms with Gasteiger partial charge < -0.3 is 10.5 Å². The summed E-state index contributed by atoms with van der Waals surface area (Å²) in [5.41, 5.74) is 10.0. The molecule has 1 aliphatic heterocycles. The van der Waals surface area contributed by atoms with Gasteiger partial charge in [0.15, 0.2) is 0 Å². The molecule has 1 saturated heterocycles. The second kappa shape index (κ2) is 4.56. The zero-order valence-corrected chi connectivity index (χ0v) is 10.3. The highest BCUT2D eigenvalue weighted by Gasteiger charge is 2.40. The van der Waals surface area contributed by atoms with E-state index >= 15 is 0 Å². The zero-order chi connectivity index (χ0) is 11.6. The fourth-order valence-corrected chi connectivity index (χ4v) is 2.53. The van der Waals surface area contributed by atoms with Crippen molar-refractivity contribution in [1.29, 1.82) is 0 Å². The van der Waals surface area contributed by atoms with Crippen LogP contribution in [0.5, 0.6) is 0 Å². The molecule has 2 nitrogen and oxygen atoms in total. The van der Waals surface area contributed by atoms with Crippen molar-refractivity contribution < 1.29 is 4.74 Å².